The summed E-state index contributed by atoms with van der Waals surface area (Å²) in [4.78, 5) is 20.9. The number of amides is 1. The van der Waals surface area contributed by atoms with Crippen molar-refractivity contribution in [2.45, 2.75) is 26.7 Å². The quantitative estimate of drug-likeness (QED) is 0.738. The maximum atomic E-state index is 12.7. The Balaban J connectivity index is 1.91. The van der Waals surface area contributed by atoms with Crippen molar-refractivity contribution in [3.05, 3.63) is 34.2 Å². The summed E-state index contributed by atoms with van der Waals surface area (Å²) in [6.45, 7) is 5.84. The first kappa shape index (κ1) is 14.5. The largest absolute Gasteiger partial charge is 0.397 e. The summed E-state index contributed by atoms with van der Waals surface area (Å²) < 4.78 is 0. The first-order valence-electron chi connectivity index (χ1n) is 7.94. The summed E-state index contributed by atoms with van der Waals surface area (Å²) >= 11 is 1.42. The number of aryl methyl sites for hydroxylation is 2. The van der Waals surface area contributed by atoms with E-state index in [1.54, 1.807) is 0 Å². The summed E-state index contributed by atoms with van der Waals surface area (Å²) in [5, 5.41) is 1.97. The SMILES string of the molecule is Cc1ccc2cc3c(N)c(C(=O)N4CCCC4)sc3nc2c1C. The van der Waals surface area contributed by atoms with Gasteiger partial charge >= 0.3 is 0 Å². The van der Waals surface area contributed by atoms with Gasteiger partial charge in [-0.1, -0.05) is 12.1 Å². The average Bonchev–Trinajstić information content (AvgIpc) is 3.18. The Kier molecular flexibility index (Phi) is 3.27. The third kappa shape index (κ3) is 2.18. The summed E-state index contributed by atoms with van der Waals surface area (Å²) in [5.41, 5.74) is 10.3. The fourth-order valence-electron chi connectivity index (χ4n) is 3.23. The molecule has 1 aliphatic rings. The van der Waals surface area contributed by atoms with E-state index in [-0.39, 0.29) is 5.91 Å². The van der Waals surface area contributed by atoms with Crippen molar-refractivity contribution in [1.29, 1.82) is 0 Å². The minimum Gasteiger partial charge on any atom is -0.397 e. The zero-order valence-corrected chi connectivity index (χ0v) is 14.2. The van der Waals surface area contributed by atoms with Gasteiger partial charge in [0.1, 0.15) is 9.71 Å². The van der Waals surface area contributed by atoms with Crippen molar-refractivity contribution in [2.24, 2.45) is 0 Å². The number of anilines is 1. The van der Waals surface area contributed by atoms with Gasteiger partial charge < -0.3 is 10.6 Å². The highest BCUT2D eigenvalue weighted by molar-refractivity contribution is 7.21. The van der Waals surface area contributed by atoms with Gasteiger partial charge in [0.25, 0.3) is 5.91 Å². The molecule has 2 N–H and O–H groups in total. The van der Waals surface area contributed by atoms with Crippen LogP contribution in [0.3, 0.4) is 0 Å². The van der Waals surface area contributed by atoms with E-state index in [9.17, 15) is 4.79 Å². The maximum absolute atomic E-state index is 12.7. The number of benzene rings is 1. The minimum absolute atomic E-state index is 0.0555. The van der Waals surface area contributed by atoms with Gasteiger partial charge in [-0.25, -0.2) is 4.98 Å². The molecule has 1 amide bonds. The van der Waals surface area contributed by atoms with Crippen molar-refractivity contribution in [3.63, 3.8) is 0 Å². The molecule has 0 saturated carbocycles. The molecule has 1 aromatic carbocycles. The number of nitrogens with two attached hydrogens (primary N) is 1. The Morgan fingerprint density at radius 3 is 2.74 bits per heavy atom. The maximum Gasteiger partial charge on any atom is 0.266 e. The Morgan fingerprint density at radius 1 is 1.26 bits per heavy atom. The predicted molar refractivity (Wildman–Crippen MR) is 96.1 cm³/mol. The number of carbonyl (C=O) groups is 1. The summed E-state index contributed by atoms with van der Waals surface area (Å²) in [6, 6.07) is 6.24. The molecule has 0 spiro atoms. The lowest BCUT2D eigenvalue weighted by molar-refractivity contribution is 0.0798. The lowest BCUT2D eigenvalue weighted by atomic mass is 10.0. The molecule has 0 bridgehead atoms. The van der Waals surface area contributed by atoms with Gasteiger partial charge in [-0.2, -0.15) is 0 Å². The smallest absolute Gasteiger partial charge is 0.266 e. The number of hydrogen-bond donors (Lipinski definition) is 1. The molecule has 1 aliphatic heterocycles. The minimum atomic E-state index is 0.0555. The molecular formula is C18H19N3OS. The molecule has 2 aromatic heterocycles. The molecule has 4 rings (SSSR count). The number of pyridine rings is 1. The van der Waals surface area contributed by atoms with E-state index < -0.39 is 0 Å². The zero-order chi connectivity index (χ0) is 16.1. The van der Waals surface area contributed by atoms with Crippen LogP contribution in [-0.4, -0.2) is 28.9 Å². The second-order valence-corrected chi connectivity index (χ2v) is 7.26. The van der Waals surface area contributed by atoms with Crippen LogP contribution in [-0.2, 0) is 0 Å². The first-order valence-corrected chi connectivity index (χ1v) is 8.76. The van der Waals surface area contributed by atoms with Crippen LogP contribution in [0.1, 0.15) is 33.6 Å². The standard InChI is InChI=1S/C18H19N3OS/c1-10-5-6-12-9-13-14(19)16(18(22)21-7-3-4-8-21)23-17(13)20-15(12)11(10)2/h5-6,9H,3-4,7-8,19H2,1-2H3. The molecule has 0 atom stereocenters. The third-order valence-electron chi connectivity index (χ3n) is 4.80. The van der Waals surface area contributed by atoms with Crippen LogP contribution in [0.5, 0.6) is 0 Å². The molecular weight excluding hydrogens is 306 g/mol. The Morgan fingerprint density at radius 2 is 2.00 bits per heavy atom. The number of rotatable bonds is 1. The van der Waals surface area contributed by atoms with Gasteiger partial charge in [-0.05, 0) is 43.9 Å². The number of aromatic nitrogens is 1. The molecule has 1 saturated heterocycles. The van der Waals surface area contributed by atoms with Crippen LogP contribution in [0.2, 0.25) is 0 Å². The second-order valence-electron chi connectivity index (χ2n) is 6.26. The number of nitrogens with zero attached hydrogens (tertiary/aromatic N) is 2. The fraction of sp³-hybridized carbons (Fsp3) is 0.333. The van der Waals surface area contributed by atoms with E-state index in [0.717, 1.165) is 47.1 Å². The Hall–Kier alpha value is -2.14. The summed E-state index contributed by atoms with van der Waals surface area (Å²) in [7, 11) is 0. The topological polar surface area (TPSA) is 59.2 Å². The van der Waals surface area contributed by atoms with Gasteiger partial charge in [-0.15, -0.1) is 11.3 Å². The van der Waals surface area contributed by atoms with Gasteiger partial charge in [0.05, 0.1) is 11.2 Å². The van der Waals surface area contributed by atoms with Crippen molar-refractivity contribution in [3.8, 4) is 0 Å². The van der Waals surface area contributed by atoms with Crippen molar-refractivity contribution in [1.82, 2.24) is 9.88 Å². The predicted octanol–water partition coefficient (Wildman–Crippen LogP) is 3.88. The van der Waals surface area contributed by atoms with E-state index in [1.807, 2.05) is 4.90 Å². The number of fused-ring (bicyclic) bond motifs is 2. The molecule has 4 nitrogen and oxygen atoms in total. The summed E-state index contributed by atoms with van der Waals surface area (Å²) in [6.07, 6.45) is 2.16. The number of nitrogen functional groups attached to an aromatic ring is 1. The van der Waals surface area contributed by atoms with Crippen LogP contribution in [0.25, 0.3) is 21.1 Å². The highest BCUT2D eigenvalue weighted by Gasteiger charge is 2.25. The number of hydrogen-bond acceptors (Lipinski definition) is 4. The van der Waals surface area contributed by atoms with E-state index in [0.29, 0.717) is 10.6 Å². The normalized spacial score (nSPS) is 15.0. The second kappa shape index (κ2) is 5.20. The van der Waals surface area contributed by atoms with Gasteiger partial charge in [0, 0.05) is 23.9 Å². The molecule has 1 fully saturated rings. The lowest BCUT2D eigenvalue weighted by Gasteiger charge is -2.13. The van der Waals surface area contributed by atoms with Gasteiger partial charge in [-0.3, -0.25) is 4.79 Å². The van der Waals surface area contributed by atoms with Crippen LogP contribution in [0.15, 0.2) is 18.2 Å². The van der Waals surface area contributed by atoms with E-state index in [4.69, 9.17) is 10.7 Å². The molecule has 0 unspecified atom stereocenters. The van der Waals surface area contributed by atoms with Crippen LogP contribution < -0.4 is 5.73 Å². The molecule has 23 heavy (non-hydrogen) atoms. The van der Waals surface area contributed by atoms with Gasteiger partial charge in [0.2, 0.25) is 0 Å². The van der Waals surface area contributed by atoms with Gasteiger partial charge in [0.15, 0.2) is 0 Å². The van der Waals surface area contributed by atoms with E-state index >= 15 is 0 Å². The lowest BCUT2D eigenvalue weighted by Crippen LogP contribution is -2.27. The first-order chi connectivity index (χ1) is 11.1. The number of carbonyl (C=O) groups excluding carboxylic acids is 1. The molecule has 3 heterocycles. The fourth-order valence-corrected chi connectivity index (χ4v) is 4.28. The molecule has 118 valence electrons. The Bertz CT molecular complexity index is 938. The van der Waals surface area contributed by atoms with Crippen molar-refractivity contribution in [2.75, 3.05) is 18.8 Å². The monoisotopic (exact) mass is 325 g/mol. The number of likely N-dealkylation sites (tertiary alicyclic amines) is 1. The molecule has 0 radical (unpaired) electrons. The zero-order valence-electron chi connectivity index (χ0n) is 13.3. The van der Waals surface area contributed by atoms with Crippen molar-refractivity contribution >= 4 is 44.1 Å². The van der Waals surface area contributed by atoms with Crippen LogP contribution in [0.4, 0.5) is 5.69 Å². The third-order valence-corrected chi connectivity index (χ3v) is 5.90. The van der Waals surface area contributed by atoms with E-state index in [1.165, 1.54) is 22.5 Å². The van der Waals surface area contributed by atoms with Crippen molar-refractivity contribution < 1.29 is 4.79 Å². The summed E-state index contributed by atoms with van der Waals surface area (Å²) in [5.74, 6) is 0.0555. The highest BCUT2D eigenvalue weighted by Crippen LogP contribution is 2.36. The van der Waals surface area contributed by atoms with Crippen LogP contribution in [0, 0.1) is 13.8 Å². The molecule has 0 aliphatic carbocycles. The number of thiophene rings is 1. The molecule has 5 heteroatoms. The van der Waals surface area contributed by atoms with Crippen LogP contribution >= 0.6 is 11.3 Å². The molecule has 3 aromatic rings. The Labute approximate surface area is 138 Å². The van der Waals surface area contributed by atoms with E-state index in [2.05, 4.69) is 32.0 Å². The average molecular weight is 325 g/mol. The highest BCUT2D eigenvalue weighted by atomic mass is 32.1.